The summed E-state index contributed by atoms with van der Waals surface area (Å²) in [5.74, 6) is -2.09. The van der Waals surface area contributed by atoms with Gasteiger partial charge in [-0.2, -0.15) is 10.1 Å². The maximum atomic E-state index is 13.0. The maximum absolute atomic E-state index is 13.0. The van der Waals surface area contributed by atoms with E-state index in [4.69, 9.17) is 16.0 Å². The second-order valence-electron chi connectivity index (χ2n) is 6.88. The van der Waals surface area contributed by atoms with Gasteiger partial charge in [-0.15, -0.1) is 0 Å². The number of carbonyl (C=O) groups is 3. The van der Waals surface area contributed by atoms with Gasteiger partial charge in [-0.3, -0.25) is 4.79 Å². The van der Waals surface area contributed by atoms with E-state index in [9.17, 15) is 24.6 Å². The van der Waals surface area contributed by atoms with E-state index in [0.717, 1.165) is 5.01 Å². The number of hydrogen-bond acceptors (Lipinski definition) is 5. The molecule has 1 aliphatic heterocycles. The number of rotatable bonds is 5. The van der Waals surface area contributed by atoms with Crippen molar-refractivity contribution < 1.29 is 29.0 Å². The molecule has 32 heavy (non-hydrogen) atoms. The Hall–Kier alpha value is -4.17. The first kappa shape index (κ1) is 21.1. The van der Waals surface area contributed by atoms with Gasteiger partial charge in [0.25, 0.3) is 5.91 Å². The molecule has 0 fully saturated rings. The first-order valence-electron chi connectivity index (χ1n) is 9.33. The van der Waals surface area contributed by atoms with Gasteiger partial charge in [0.05, 0.1) is 33.1 Å². The second kappa shape index (κ2) is 8.16. The zero-order valence-corrected chi connectivity index (χ0v) is 17.3. The summed E-state index contributed by atoms with van der Waals surface area (Å²) >= 11 is 5.90. The molecule has 0 unspecified atom stereocenters. The standard InChI is InChI=1S/C23H15ClN2O6/c1-12-17(21(27)26(25-12)13-6-8-19(24)18(10-13)23(30)31)11-14-7-9-20(32-14)15-4-2-3-5-16(15)22(28)29/h2-11H,1H3,(H,28,29)(H,30,31)/b17-11-. The van der Waals surface area contributed by atoms with Crippen LogP contribution in [0.1, 0.15) is 33.4 Å². The Morgan fingerprint density at radius 2 is 1.75 bits per heavy atom. The van der Waals surface area contributed by atoms with Crippen LogP contribution in [-0.4, -0.2) is 33.8 Å². The molecule has 0 bridgehead atoms. The maximum Gasteiger partial charge on any atom is 0.337 e. The average molecular weight is 451 g/mol. The number of furan rings is 1. The van der Waals surface area contributed by atoms with Gasteiger partial charge < -0.3 is 14.6 Å². The number of hydrogen-bond donors (Lipinski definition) is 2. The Balaban J connectivity index is 1.66. The third-order valence-corrected chi connectivity index (χ3v) is 5.15. The molecule has 4 rings (SSSR count). The van der Waals surface area contributed by atoms with Crippen LogP contribution in [0, 0.1) is 0 Å². The lowest BCUT2D eigenvalue weighted by Crippen LogP contribution is -2.21. The Bertz CT molecular complexity index is 1340. The summed E-state index contributed by atoms with van der Waals surface area (Å²) in [5, 5.41) is 24.0. The minimum Gasteiger partial charge on any atom is -0.478 e. The van der Waals surface area contributed by atoms with Crippen LogP contribution in [0.4, 0.5) is 5.69 Å². The number of carboxylic acid groups (broad SMARTS) is 2. The van der Waals surface area contributed by atoms with Crippen LogP contribution in [0.25, 0.3) is 17.4 Å². The zero-order chi connectivity index (χ0) is 23.0. The fraction of sp³-hybridized carbons (Fsp3) is 0.0435. The van der Waals surface area contributed by atoms with Crippen molar-refractivity contribution in [3.8, 4) is 11.3 Å². The van der Waals surface area contributed by atoms with Gasteiger partial charge in [0, 0.05) is 5.56 Å². The van der Waals surface area contributed by atoms with Crippen LogP contribution in [0.15, 0.2) is 69.7 Å². The molecule has 1 amide bonds. The molecular weight excluding hydrogens is 436 g/mol. The van der Waals surface area contributed by atoms with Crippen molar-refractivity contribution in [3.63, 3.8) is 0 Å². The van der Waals surface area contributed by atoms with Crippen molar-refractivity contribution in [3.05, 3.63) is 82.1 Å². The van der Waals surface area contributed by atoms with Crippen molar-refractivity contribution >= 4 is 46.9 Å². The number of anilines is 1. The lowest BCUT2D eigenvalue weighted by molar-refractivity contribution is -0.114. The van der Waals surface area contributed by atoms with Crippen LogP contribution < -0.4 is 5.01 Å². The number of benzene rings is 2. The molecule has 2 N–H and O–H groups in total. The third-order valence-electron chi connectivity index (χ3n) is 4.82. The first-order valence-corrected chi connectivity index (χ1v) is 9.71. The predicted octanol–water partition coefficient (Wildman–Crippen LogP) is 4.80. The molecule has 160 valence electrons. The first-order chi connectivity index (χ1) is 15.3. The van der Waals surface area contributed by atoms with Gasteiger partial charge in [0.1, 0.15) is 11.5 Å². The Morgan fingerprint density at radius 1 is 1.03 bits per heavy atom. The number of amides is 1. The minimum atomic E-state index is -1.22. The van der Waals surface area contributed by atoms with E-state index in [-0.39, 0.29) is 27.4 Å². The summed E-state index contributed by atoms with van der Waals surface area (Å²) in [6.07, 6.45) is 1.50. The molecule has 8 nitrogen and oxygen atoms in total. The monoisotopic (exact) mass is 450 g/mol. The third kappa shape index (κ3) is 3.79. The van der Waals surface area contributed by atoms with Crippen molar-refractivity contribution in [2.24, 2.45) is 5.10 Å². The van der Waals surface area contributed by atoms with Crippen LogP contribution in [-0.2, 0) is 4.79 Å². The number of halogens is 1. The lowest BCUT2D eigenvalue weighted by atomic mass is 10.1. The van der Waals surface area contributed by atoms with Crippen molar-refractivity contribution in [2.75, 3.05) is 5.01 Å². The highest BCUT2D eigenvalue weighted by molar-refractivity contribution is 6.34. The van der Waals surface area contributed by atoms with Gasteiger partial charge in [0.2, 0.25) is 0 Å². The van der Waals surface area contributed by atoms with E-state index in [0.29, 0.717) is 22.8 Å². The fourth-order valence-electron chi connectivity index (χ4n) is 3.27. The molecule has 0 atom stereocenters. The topological polar surface area (TPSA) is 120 Å². The van der Waals surface area contributed by atoms with E-state index in [2.05, 4.69) is 5.10 Å². The van der Waals surface area contributed by atoms with Gasteiger partial charge in [-0.1, -0.05) is 29.8 Å². The normalized spacial score (nSPS) is 14.7. The summed E-state index contributed by atoms with van der Waals surface area (Å²) in [6, 6.07) is 13.8. The van der Waals surface area contributed by atoms with E-state index >= 15 is 0 Å². The number of hydrazone groups is 1. The van der Waals surface area contributed by atoms with Gasteiger partial charge >= 0.3 is 11.9 Å². The largest absolute Gasteiger partial charge is 0.478 e. The summed E-state index contributed by atoms with van der Waals surface area (Å²) < 4.78 is 5.77. The summed E-state index contributed by atoms with van der Waals surface area (Å²) in [5.41, 5.74) is 1.29. The molecule has 9 heteroatoms. The lowest BCUT2D eigenvalue weighted by Gasteiger charge is -2.12. The number of carboxylic acids is 2. The van der Waals surface area contributed by atoms with Crippen LogP contribution >= 0.6 is 11.6 Å². The molecule has 0 saturated carbocycles. The van der Waals surface area contributed by atoms with Crippen molar-refractivity contribution in [1.82, 2.24) is 0 Å². The van der Waals surface area contributed by atoms with Gasteiger partial charge in [-0.25, -0.2) is 9.59 Å². The summed E-state index contributed by atoms with van der Waals surface area (Å²) in [6.45, 7) is 1.64. The van der Waals surface area contributed by atoms with Gasteiger partial charge in [-0.05, 0) is 49.4 Å². The van der Waals surface area contributed by atoms with Crippen molar-refractivity contribution in [1.29, 1.82) is 0 Å². The Kier molecular flexibility index (Phi) is 5.38. The number of nitrogens with zero attached hydrogens (tertiary/aromatic N) is 2. The fourth-order valence-corrected chi connectivity index (χ4v) is 3.47. The Morgan fingerprint density at radius 3 is 2.47 bits per heavy atom. The SMILES string of the molecule is CC1=NN(c2ccc(Cl)c(C(=O)O)c2)C(=O)/C1=C\c1ccc(-c2ccccc2C(=O)O)o1. The van der Waals surface area contributed by atoms with E-state index < -0.39 is 17.8 Å². The molecule has 0 spiro atoms. The molecule has 1 aliphatic rings. The molecular formula is C23H15ClN2O6. The molecule has 2 heterocycles. The minimum absolute atomic E-state index is 0.0501. The van der Waals surface area contributed by atoms with Crippen LogP contribution in [0.3, 0.4) is 0 Å². The van der Waals surface area contributed by atoms with E-state index in [1.165, 1.54) is 30.3 Å². The molecule has 0 radical (unpaired) electrons. The highest BCUT2D eigenvalue weighted by Crippen LogP contribution is 2.30. The predicted molar refractivity (Wildman–Crippen MR) is 118 cm³/mol. The molecule has 0 saturated heterocycles. The Labute approximate surface area is 186 Å². The second-order valence-corrected chi connectivity index (χ2v) is 7.29. The molecule has 1 aromatic heterocycles. The van der Waals surface area contributed by atoms with E-state index in [1.807, 2.05) is 0 Å². The molecule has 0 aliphatic carbocycles. The zero-order valence-electron chi connectivity index (χ0n) is 16.6. The van der Waals surface area contributed by atoms with Crippen LogP contribution in [0.5, 0.6) is 0 Å². The molecule has 3 aromatic rings. The average Bonchev–Trinajstić information content (AvgIpc) is 3.34. The highest BCUT2D eigenvalue weighted by Gasteiger charge is 2.30. The van der Waals surface area contributed by atoms with E-state index in [1.54, 1.807) is 37.3 Å². The molecule has 2 aromatic carbocycles. The van der Waals surface area contributed by atoms with Crippen molar-refractivity contribution in [2.45, 2.75) is 6.92 Å². The smallest absolute Gasteiger partial charge is 0.337 e. The quantitative estimate of drug-likeness (QED) is 0.538. The number of aromatic carboxylic acids is 2. The number of carbonyl (C=O) groups excluding carboxylic acids is 1. The summed E-state index contributed by atoms with van der Waals surface area (Å²) in [4.78, 5) is 35.8. The van der Waals surface area contributed by atoms with Crippen LogP contribution in [0.2, 0.25) is 5.02 Å². The van der Waals surface area contributed by atoms with Gasteiger partial charge in [0.15, 0.2) is 0 Å². The summed E-state index contributed by atoms with van der Waals surface area (Å²) in [7, 11) is 0. The highest BCUT2D eigenvalue weighted by atomic mass is 35.5.